The Bertz CT molecular complexity index is 759. The van der Waals surface area contributed by atoms with Crippen LogP contribution in [0.4, 0.5) is 5.82 Å². The lowest BCUT2D eigenvalue weighted by Crippen LogP contribution is -2.36. The van der Waals surface area contributed by atoms with Crippen molar-refractivity contribution in [1.82, 2.24) is 14.6 Å². The van der Waals surface area contributed by atoms with Gasteiger partial charge in [0.1, 0.15) is 17.4 Å². The largest absolute Gasteiger partial charge is 0.480 e. The van der Waals surface area contributed by atoms with Gasteiger partial charge in [0.15, 0.2) is 5.65 Å². The van der Waals surface area contributed by atoms with E-state index in [9.17, 15) is 19.8 Å². The standard InChI is InChI=1S/C14H16N4O5/c1-2-23-14(22)9-6-15-18-4-3-11(16-12(9)18)17-7-8(19)5-10(17)13(20)21/h3-4,6,8,10,19H,2,5,7H2,1H3,(H,20,21)/t8-,10-/m1/s1. The molecule has 0 spiro atoms. The predicted octanol–water partition coefficient (Wildman–Crippen LogP) is -0.0698. The van der Waals surface area contributed by atoms with Crippen molar-refractivity contribution in [2.24, 2.45) is 0 Å². The minimum atomic E-state index is -1.03. The maximum Gasteiger partial charge on any atom is 0.343 e. The summed E-state index contributed by atoms with van der Waals surface area (Å²) in [5.41, 5.74) is 0.492. The summed E-state index contributed by atoms with van der Waals surface area (Å²) >= 11 is 0. The molecular weight excluding hydrogens is 304 g/mol. The van der Waals surface area contributed by atoms with E-state index in [2.05, 4.69) is 10.1 Å². The molecule has 0 amide bonds. The van der Waals surface area contributed by atoms with E-state index in [0.29, 0.717) is 5.82 Å². The zero-order valence-corrected chi connectivity index (χ0v) is 12.4. The number of ether oxygens (including phenoxy) is 1. The molecule has 3 rings (SSSR count). The van der Waals surface area contributed by atoms with Crippen LogP contribution < -0.4 is 4.90 Å². The zero-order chi connectivity index (χ0) is 16.6. The number of hydrogen-bond donors (Lipinski definition) is 2. The maximum atomic E-state index is 11.9. The van der Waals surface area contributed by atoms with Crippen molar-refractivity contribution in [3.05, 3.63) is 24.0 Å². The number of aliphatic carboxylic acids is 1. The van der Waals surface area contributed by atoms with Gasteiger partial charge in [0.2, 0.25) is 0 Å². The molecule has 1 saturated heterocycles. The topological polar surface area (TPSA) is 117 Å². The number of hydrogen-bond acceptors (Lipinski definition) is 7. The lowest BCUT2D eigenvalue weighted by molar-refractivity contribution is -0.138. The van der Waals surface area contributed by atoms with Crippen LogP contribution >= 0.6 is 0 Å². The number of carboxylic acids is 1. The molecular formula is C14H16N4O5. The van der Waals surface area contributed by atoms with Gasteiger partial charge in [0, 0.05) is 19.2 Å². The number of nitrogens with zero attached hydrogens (tertiary/aromatic N) is 4. The summed E-state index contributed by atoms with van der Waals surface area (Å²) in [6.45, 7) is 2.10. The van der Waals surface area contributed by atoms with E-state index in [1.54, 1.807) is 19.2 Å². The molecule has 0 aliphatic carbocycles. The number of carboxylic acid groups (broad SMARTS) is 1. The van der Waals surface area contributed by atoms with Gasteiger partial charge in [-0.2, -0.15) is 5.10 Å². The number of anilines is 1. The molecule has 0 radical (unpaired) electrons. The molecule has 122 valence electrons. The van der Waals surface area contributed by atoms with Gasteiger partial charge in [-0.1, -0.05) is 0 Å². The van der Waals surface area contributed by atoms with Crippen LogP contribution in [0.3, 0.4) is 0 Å². The maximum absolute atomic E-state index is 11.9. The van der Waals surface area contributed by atoms with Crippen LogP contribution in [0, 0.1) is 0 Å². The lowest BCUT2D eigenvalue weighted by atomic mass is 10.2. The predicted molar refractivity (Wildman–Crippen MR) is 78.3 cm³/mol. The van der Waals surface area contributed by atoms with Crippen LogP contribution in [-0.4, -0.2) is 62.0 Å². The Morgan fingerprint density at radius 3 is 2.96 bits per heavy atom. The highest BCUT2D eigenvalue weighted by Crippen LogP contribution is 2.25. The number of rotatable bonds is 4. The van der Waals surface area contributed by atoms with E-state index >= 15 is 0 Å². The Morgan fingerprint density at radius 1 is 1.48 bits per heavy atom. The van der Waals surface area contributed by atoms with Crippen LogP contribution in [0.1, 0.15) is 23.7 Å². The van der Waals surface area contributed by atoms with Crippen LogP contribution in [-0.2, 0) is 9.53 Å². The number of fused-ring (bicyclic) bond motifs is 1. The summed E-state index contributed by atoms with van der Waals surface area (Å²) in [4.78, 5) is 29.1. The SMILES string of the molecule is CCOC(=O)c1cnn2ccc(N3C[C@H](O)C[C@@H]3C(=O)O)nc12. The monoisotopic (exact) mass is 320 g/mol. The summed E-state index contributed by atoms with van der Waals surface area (Å²) in [6, 6.07) is 0.747. The van der Waals surface area contributed by atoms with Crippen LogP contribution in [0.2, 0.25) is 0 Å². The first-order valence-electron chi connectivity index (χ1n) is 7.20. The highest BCUT2D eigenvalue weighted by atomic mass is 16.5. The van der Waals surface area contributed by atoms with E-state index in [1.807, 2.05) is 0 Å². The lowest BCUT2D eigenvalue weighted by Gasteiger charge is -2.22. The molecule has 23 heavy (non-hydrogen) atoms. The Labute approximate surface area is 131 Å². The summed E-state index contributed by atoms with van der Waals surface area (Å²) in [7, 11) is 0. The Kier molecular flexibility index (Phi) is 3.87. The highest BCUT2D eigenvalue weighted by molar-refractivity contribution is 5.95. The van der Waals surface area contributed by atoms with Crippen molar-refractivity contribution in [1.29, 1.82) is 0 Å². The number of aromatic nitrogens is 3. The van der Waals surface area contributed by atoms with Crippen molar-refractivity contribution in [3.8, 4) is 0 Å². The first-order valence-corrected chi connectivity index (χ1v) is 7.20. The quantitative estimate of drug-likeness (QED) is 0.752. The minimum absolute atomic E-state index is 0.131. The van der Waals surface area contributed by atoms with Gasteiger partial charge in [-0.15, -0.1) is 0 Å². The van der Waals surface area contributed by atoms with Crippen molar-refractivity contribution in [2.75, 3.05) is 18.1 Å². The third-order valence-corrected chi connectivity index (χ3v) is 3.71. The molecule has 1 fully saturated rings. The summed E-state index contributed by atoms with van der Waals surface area (Å²) in [5.74, 6) is -1.20. The first-order chi connectivity index (χ1) is 11.0. The Balaban J connectivity index is 2.00. The van der Waals surface area contributed by atoms with Gasteiger partial charge in [-0.3, -0.25) is 0 Å². The Hall–Kier alpha value is -2.68. The fourth-order valence-electron chi connectivity index (χ4n) is 2.67. The third kappa shape index (κ3) is 2.70. The number of aliphatic hydroxyl groups excluding tert-OH is 1. The average molecular weight is 320 g/mol. The molecule has 9 nitrogen and oxygen atoms in total. The van der Waals surface area contributed by atoms with E-state index in [1.165, 1.54) is 15.6 Å². The molecule has 2 atom stereocenters. The minimum Gasteiger partial charge on any atom is -0.480 e. The fourth-order valence-corrected chi connectivity index (χ4v) is 2.67. The molecule has 1 aliphatic heterocycles. The number of esters is 1. The highest BCUT2D eigenvalue weighted by Gasteiger charge is 2.37. The van der Waals surface area contributed by atoms with Gasteiger partial charge in [-0.25, -0.2) is 19.1 Å². The molecule has 2 aromatic rings. The fraction of sp³-hybridized carbons (Fsp3) is 0.429. The number of carbonyl (C=O) groups excluding carboxylic acids is 1. The second-order valence-corrected chi connectivity index (χ2v) is 5.23. The van der Waals surface area contributed by atoms with E-state index in [-0.39, 0.29) is 30.8 Å². The molecule has 9 heteroatoms. The second kappa shape index (κ2) is 5.84. The van der Waals surface area contributed by atoms with E-state index in [4.69, 9.17) is 4.74 Å². The number of carbonyl (C=O) groups is 2. The first kappa shape index (κ1) is 15.2. The number of β-amino-alcohol motifs (C(OH)–C–C–N with tert-alkyl or cyclic N) is 1. The smallest absolute Gasteiger partial charge is 0.343 e. The van der Waals surface area contributed by atoms with Crippen LogP contribution in [0.15, 0.2) is 18.5 Å². The van der Waals surface area contributed by atoms with Crippen molar-refractivity contribution in [2.45, 2.75) is 25.5 Å². The van der Waals surface area contributed by atoms with Crippen LogP contribution in [0.5, 0.6) is 0 Å². The summed E-state index contributed by atoms with van der Waals surface area (Å²) in [5, 5.41) is 23.0. The molecule has 2 aromatic heterocycles. The normalized spacial score (nSPS) is 20.9. The summed E-state index contributed by atoms with van der Waals surface area (Å²) in [6.07, 6.45) is 2.34. The average Bonchev–Trinajstić information content (AvgIpc) is 3.10. The van der Waals surface area contributed by atoms with E-state index < -0.39 is 24.1 Å². The van der Waals surface area contributed by atoms with Gasteiger partial charge in [-0.05, 0) is 13.0 Å². The van der Waals surface area contributed by atoms with Gasteiger partial charge in [0.05, 0.1) is 18.9 Å². The molecule has 0 bridgehead atoms. The molecule has 0 aromatic carbocycles. The van der Waals surface area contributed by atoms with E-state index in [0.717, 1.165) is 0 Å². The van der Waals surface area contributed by atoms with Crippen LogP contribution in [0.25, 0.3) is 5.65 Å². The number of aliphatic hydroxyl groups is 1. The zero-order valence-electron chi connectivity index (χ0n) is 12.4. The summed E-state index contributed by atoms with van der Waals surface area (Å²) < 4.78 is 6.37. The third-order valence-electron chi connectivity index (χ3n) is 3.71. The molecule has 1 aliphatic rings. The van der Waals surface area contributed by atoms with Crippen molar-refractivity contribution < 1.29 is 24.5 Å². The molecule has 2 N–H and O–H groups in total. The van der Waals surface area contributed by atoms with Crippen molar-refractivity contribution >= 4 is 23.4 Å². The molecule has 0 saturated carbocycles. The van der Waals surface area contributed by atoms with Gasteiger partial charge < -0.3 is 19.8 Å². The molecule has 3 heterocycles. The van der Waals surface area contributed by atoms with Gasteiger partial charge >= 0.3 is 11.9 Å². The van der Waals surface area contributed by atoms with Gasteiger partial charge in [0.25, 0.3) is 0 Å². The Morgan fingerprint density at radius 2 is 2.26 bits per heavy atom. The van der Waals surface area contributed by atoms with Crippen molar-refractivity contribution in [3.63, 3.8) is 0 Å². The second-order valence-electron chi connectivity index (χ2n) is 5.23. The molecule has 0 unspecified atom stereocenters.